The molecule has 2 rings (SSSR count). The van der Waals surface area contributed by atoms with E-state index in [0.29, 0.717) is 19.4 Å². The zero-order valence-electron chi connectivity index (χ0n) is 21.8. The summed E-state index contributed by atoms with van der Waals surface area (Å²) in [7, 11) is 0. The fourth-order valence-electron chi connectivity index (χ4n) is 4.01. The van der Waals surface area contributed by atoms with Crippen LogP contribution in [0.3, 0.4) is 0 Å². The monoisotopic (exact) mass is 558 g/mol. The van der Waals surface area contributed by atoms with E-state index in [-0.39, 0.29) is 18.7 Å². The van der Waals surface area contributed by atoms with Crippen molar-refractivity contribution in [3.63, 3.8) is 0 Å². The van der Waals surface area contributed by atoms with Gasteiger partial charge < -0.3 is 31.1 Å². The van der Waals surface area contributed by atoms with E-state index in [1.165, 1.54) is 12.1 Å². The highest BCUT2D eigenvalue weighted by Crippen LogP contribution is 2.30. The number of benzene rings is 1. The number of aliphatic hydroxyl groups excluding tert-OH is 1. The van der Waals surface area contributed by atoms with Crippen molar-refractivity contribution in [1.29, 1.82) is 0 Å². The Hall–Kier alpha value is -3.68. The molecule has 1 fully saturated rings. The van der Waals surface area contributed by atoms with Crippen molar-refractivity contribution in [3.05, 3.63) is 24.3 Å². The predicted octanol–water partition coefficient (Wildman–Crippen LogP) is 1.41. The van der Waals surface area contributed by atoms with Gasteiger partial charge in [-0.3, -0.25) is 24.0 Å². The first kappa shape index (κ1) is 31.5. The number of para-hydroxylation sites is 2. The van der Waals surface area contributed by atoms with Gasteiger partial charge in [0.2, 0.25) is 11.8 Å². The summed E-state index contributed by atoms with van der Waals surface area (Å²) in [6, 6.07) is 2.04. The largest absolute Gasteiger partial charge is 0.573 e. The number of halogens is 3. The molecule has 0 spiro atoms. The Bertz CT molecular complexity index is 1070. The number of amides is 4. The molecule has 1 aromatic carbocycles. The third-order valence-corrected chi connectivity index (χ3v) is 5.79. The van der Waals surface area contributed by atoms with Crippen LogP contribution in [0.15, 0.2) is 24.3 Å². The molecule has 0 aromatic heterocycles. The van der Waals surface area contributed by atoms with Gasteiger partial charge in [-0.2, -0.15) is 0 Å². The Morgan fingerprint density at radius 3 is 2.33 bits per heavy atom. The molecule has 39 heavy (non-hydrogen) atoms. The Labute approximate surface area is 223 Å². The fourth-order valence-corrected chi connectivity index (χ4v) is 4.01. The Morgan fingerprint density at radius 1 is 1.08 bits per heavy atom. The summed E-state index contributed by atoms with van der Waals surface area (Å²) in [5, 5.41) is 18.8. The van der Waals surface area contributed by atoms with Gasteiger partial charge in [0.05, 0.1) is 11.7 Å². The SMILES string of the molecule is CC(C)(C)C[C@H](NC(=O)C(=O)Nc1ccccc1OC(F)(F)F)C(=O)N[C@@H](C[C@@H]1CCCNC1=O)C(=O)CO. The van der Waals surface area contributed by atoms with Gasteiger partial charge in [0.15, 0.2) is 11.5 Å². The number of hydrogen-bond donors (Lipinski definition) is 5. The summed E-state index contributed by atoms with van der Waals surface area (Å²) < 4.78 is 41.9. The molecule has 0 aliphatic carbocycles. The number of ketones is 1. The normalized spacial score (nSPS) is 17.3. The van der Waals surface area contributed by atoms with Crippen LogP contribution >= 0.6 is 0 Å². The number of alkyl halides is 3. The second kappa shape index (κ2) is 13.4. The second-order valence-electron chi connectivity index (χ2n) is 10.3. The first-order chi connectivity index (χ1) is 18.1. The van der Waals surface area contributed by atoms with E-state index < -0.39 is 71.3 Å². The van der Waals surface area contributed by atoms with Gasteiger partial charge in [-0.1, -0.05) is 32.9 Å². The highest BCUT2D eigenvalue weighted by molar-refractivity contribution is 6.40. The van der Waals surface area contributed by atoms with Crippen LogP contribution in [-0.2, 0) is 24.0 Å². The average Bonchev–Trinajstić information content (AvgIpc) is 2.83. The number of rotatable bonds is 10. The van der Waals surface area contributed by atoms with Crippen LogP contribution in [0.4, 0.5) is 18.9 Å². The van der Waals surface area contributed by atoms with Crippen molar-refractivity contribution in [2.75, 3.05) is 18.5 Å². The minimum atomic E-state index is -5.04. The lowest BCUT2D eigenvalue weighted by Crippen LogP contribution is -2.55. The summed E-state index contributed by atoms with van der Waals surface area (Å²) in [4.78, 5) is 62.8. The van der Waals surface area contributed by atoms with Crippen LogP contribution in [0.1, 0.15) is 46.5 Å². The molecule has 4 amide bonds. The van der Waals surface area contributed by atoms with Gasteiger partial charge in [0.25, 0.3) is 0 Å². The molecular formula is C25H33F3N4O7. The van der Waals surface area contributed by atoms with Crippen molar-refractivity contribution in [2.45, 2.75) is 64.9 Å². The quantitative estimate of drug-likeness (QED) is 0.271. The van der Waals surface area contributed by atoms with E-state index in [1.54, 1.807) is 20.8 Å². The topological polar surface area (TPSA) is 163 Å². The van der Waals surface area contributed by atoms with E-state index in [9.17, 15) is 42.3 Å². The van der Waals surface area contributed by atoms with E-state index >= 15 is 0 Å². The molecule has 5 N–H and O–H groups in total. The molecule has 0 bridgehead atoms. The average molecular weight is 559 g/mol. The maximum absolute atomic E-state index is 13.2. The van der Waals surface area contributed by atoms with Gasteiger partial charge in [-0.15, -0.1) is 13.2 Å². The molecule has 216 valence electrons. The van der Waals surface area contributed by atoms with Crippen molar-refractivity contribution in [1.82, 2.24) is 16.0 Å². The summed E-state index contributed by atoms with van der Waals surface area (Å²) >= 11 is 0. The van der Waals surface area contributed by atoms with Crippen LogP contribution in [0.2, 0.25) is 0 Å². The number of Topliss-reactive ketones (excluding diaryl/α,β-unsaturated/α-hetero) is 1. The molecule has 1 aromatic rings. The molecule has 0 unspecified atom stereocenters. The number of hydrogen-bond acceptors (Lipinski definition) is 7. The van der Waals surface area contributed by atoms with Crippen molar-refractivity contribution >= 4 is 35.1 Å². The van der Waals surface area contributed by atoms with Crippen LogP contribution in [0.5, 0.6) is 5.75 Å². The number of aliphatic hydroxyl groups is 1. The molecule has 14 heteroatoms. The van der Waals surface area contributed by atoms with Gasteiger partial charge in [-0.25, -0.2) is 0 Å². The zero-order valence-corrected chi connectivity index (χ0v) is 21.8. The lowest BCUT2D eigenvalue weighted by Gasteiger charge is -2.29. The van der Waals surface area contributed by atoms with E-state index in [0.717, 1.165) is 12.1 Å². The van der Waals surface area contributed by atoms with E-state index in [2.05, 4.69) is 20.7 Å². The maximum atomic E-state index is 13.2. The Balaban J connectivity index is 2.17. The summed E-state index contributed by atoms with van der Waals surface area (Å²) in [5.74, 6) is -5.85. The predicted molar refractivity (Wildman–Crippen MR) is 132 cm³/mol. The molecule has 1 heterocycles. The minimum Gasteiger partial charge on any atom is -0.404 e. The molecule has 1 aliphatic rings. The standard InChI is InChI=1S/C25H33F3N4O7/c1-24(2,3)12-17(21(36)31-16(18(34)13-33)11-14-7-6-10-29-20(14)35)32-23(38)22(37)30-15-8-4-5-9-19(15)39-25(26,27)28/h4-5,8-9,14,16-17,33H,6-7,10-13H2,1-3H3,(H,29,35)(H,30,37)(H,31,36)(H,32,38)/t14-,16-,17-/m0/s1. The summed E-state index contributed by atoms with van der Waals surface area (Å²) in [6.45, 7) is 4.87. The first-order valence-electron chi connectivity index (χ1n) is 12.3. The van der Waals surface area contributed by atoms with Gasteiger partial charge in [0.1, 0.15) is 12.6 Å². The Morgan fingerprint density at radius 2 is 1.74 bits per heavy atom. The summed E-state index contributed by atoms with van der Waals surface area (Å²) in [6.07, 6.45) is -3.93. The van der Waals surface area contributed by atoms with Crippen LogP contribution in [0.25, 0.3) is 0 Å². The number of piperidine rings is 1. The van der Waals surface area contributed by atoms with Crippen molar-refractivity contribution in [2.24, 2.45) is 11.3 Å². The number of anilines is 1. The van der Waals surface area contributed by atoms with Gasteiger partial charge >= 0.3 is 18.2 Å². The molecule has 1 saturated heterocycles. The molecule has 11 nitrogen and oxygen atoms in total. The number of carbonyl (C=O) groups excluding carboxylic acids is 5. The third kappa shape index (κ3) is 10.5. The summed E-state index contributed by atoms with van der Waals surface area (Å²) in [5.41, 5.74) is -0.982. The fraction of sp³-hybridized carbons (Fsp3) is 0.560. The molecule has 1 aliphatic heterocycles. The third-order valence-electron chi connectivity index (χ3n) is 5.79. The highest BCUT2D eigenvalue weighted by Gasteiger charge is 2.35. The van der Waals surface area contributed by atoms with Gasteiger partial charge in [-0.05, 0) is 43.2 Å². The van der Waals surface area contributed by atoms with Crippen LogP contribution in [0, 0.1) is 11.3 Å². The highest BCUT2D eigenvalue weighted by atomic mass is 19.4. The maximum Gasteiger partial charge on any atom is 0.573 e. The Kier molecular flexibility index (Phi) is 10.8. The van der Waals surface area contributed by atoms with Crippen LogP contribution < -0.4 is 26.0 Å². The second-order valence-corrected chi connectivity index (χ2v) is 10.3. The van der Waals surface area contributed by atoms with Gasteiger partial charge in [0, 0.05) is 12.5 Å². The molecule has 3 atom stereocenters. The number of nitrogens with one attached hydrogen (secondary N) is 4. The molecule has 0 saturated carbocycles. The lowest BCUT2D eigenvalue weighted by atomic mass is 9.87. The number of carbonyl (C=O) groups is 5. The lowest BCUT2D eigenvalue weighted by molar-refractivity contribution is -0.274. The van der Waals surface area contributed by atoms with E-state index in [4.69, 9.17) is 0 Å². The minimum absolute atomic E-state index is 0.00950. The van der Waals surface area contributed by atoms with Crippen molar-refractivity contribution in [3.8, 4) is 5.75 Å². The zero-order chi connectivity index (χ0) is 29.4. The van der Waals surface area contributed by atoms with E-state index in [1.807, 2.05) is 5.32 Å². The first-order valence-corrected chi connectivity index (χ1v) is 12.3. The van der Waals surface area contributed by atoms with Crippen molar-refractivity contribution < 1.29 is 47.0 Å². The van der Waals surface area contributed by atoms with Crippen LogP contribution in [-0.4, -0.2) is 66.1 Å². The number of ether oxygens (including phenoxy) is 1. The molecular weight excluding hydrogens is 525 g/mol. The molecule has 0 radical (unpaired) electrons. The smallest absolute Gasteiger partial charge is 0.404 e.